The summed E-state index contributed by atoms with van der Waals surface area (Å²) in [7, 11) is 0. The summed E-state index contributed by atoms with van der Waals surface area (Å²) < 4.78 is 19.4. The lowest BCUT2D eigenvalue weighted by molar-refractivity contribution is -0.104. The molecule has 2 unspecified atom stereocenters. The molecule has 4 saturated carbocycles. The molecule has 3 atom stereocenters. The monoisotopic (exact) mass is 495 g/mol. The van der Waals surface area contributed by atoms with E-state index in [-0.39, 0.29) is 17.7 Å². The molecule has 0 aromatic carbocycles. The first kappa shape index (κ1) is 26.1. The van der Waals surface area contributed by atoms with Crippen molar-refractivity contribution in [2.75, 3.05) is 44.4 Å². The molecule has 4 aliphatic carbocycles. The van der Waals surface area contributed by atoms with Crippen molar-refractivity contribution in [2.45, 2.75) is 90.3 Å². The van der Waals surface area contributed by atoms with Crippen LogP contribution in [0.3, 0.4) is 0 Å². The molecule has 194 valence electrons. The Morgan fingerprint density at radius 2 is 1.79 bits per heavy atom. The van der Waals surface area contributed by atoms with Gasteiger partial charge in [-0.15, -0.1) is 4.37 Å². The number of nitrogens with one attached hydrogen (secondary N) is 1. The quantitative estimate of drug-likeness (QED) is 0.553. The summed E-state index contributed by atoms with van der Waals surface area (Å²) >= 11 is 1.12. The largest absolute Gasteiger partial charge is 0.472 e. The topological polar surface area (TPSA) is 106 Å². The van der Waals surface area contributed by atoms with Crippen molar-refractivity contribution in [3.8, 4) is 5.88 Å². The van der Waals surface area contributed by atoms with E-state index < -0.39 is 6.10 Å². The normalized spacial score (nSPS) is 35.6. The van der Waals surface area contributed by atoms with Crippen molar-refractivity contribution in [1.29, 1.82) is 0 Å². The molecule has 4 bridgehead atoms. The molecule has 4 N–H and O–H groups in total. The van der Waals surface area contributed by atoms with E-state index in [1.54, 1.807) is 0 Å². The zero-order chi connectivity index (χ0) is 24.6. The van der Waals surface area contributed by atoms with Gasteiger partial charge in [0.05, 0.1) is 24.9 Å². The Kier molecular flexibility index (Phi) is 7.52. The van der Waals surface area contributed by atoms with Crippen LogP contribution in [0.5, 0.6) is 5.88 Å². The van der Waals surface area contributed by atoms with Gasteiger partial charge in [0, 0.05) is 30.7 Å². The van der Waals surface area contributed by atoms with Gasteiger partial charge >= 0.3 is 0 Å². The van der Waals surface area contributed by atoms with Crippen LogP contribution >= 0.6 is 11.7 Å². The molecule has 5 aliphatic rings. The number of ether oxygens (including phenoxy) is 2. The van der Waals surface area contributed by atoms with Crippen molar-refractivity contribution in [1.82, 2.24) is 14.1 Å². The number of aliphatic hydroxyl groups is 1. The third-order valence-corrected chi connectivity index (χ3v) is 8.20. The van der Waals surface area contributed by atoms with E-state index in [2.05, 4.69) is 53.6 Å². The van der Waals surface area contributed by atoms with Crippen LogP contribution in [0.4, 0.5) is 5.82 Å². The number of aliphatic hydroxyl groups excluding tert-OH is 1. The molecule has 2 heterocycles. The molecule has 8 nitrogen and oxygen atoms in total. The summed E-state index contributed by atoms with van der Waals surface area (Å²) in [5.41, 5.74) is 7.89. The predicted octanol–water partition coefficient (Wildman–Crippen LogP) is 3.20. The molecule has 0 spiro atoms. The maximum atomic E-state index is 9.95. The minimum atomic E-state index is -0.580. The highest BCUT2D eigenvalue weighted by Gasteiger charge is 2.58. The highest BCUT2D eigenvalue weighted by Crippen LogP contribution is 2.65. The second-order valence-electron chi connectivity index (χ2n) is 13.1. The highest BCUT2D eigenvalue weighted by atomic mass is 32.1. The second-order valence-corrected chi connectivity index (χ2v) is 13.6. The SMILES string of the molecule is CC(C)(C)NC[C@H](O)COc1nsnc1N1CCOCC1.CC12CC3CC(C)(C1)CC(N)(C3)C2. The Bertz CT molecular complexity index is 771. The summed E-state index contributed by atoms with van der Waals surface area (Å²) in [5.74, 6) is 2.20. The summed E-state index contributed by atoms with van der Waals surface area (Å²) in [6, 6.07) is 0. The fourth-order valence-electron chi connectivity index (χ4n) is 7.43. The van der Waals surface area contributed by atoms with Gasteiger partial charge in [0.25, 0.3) is 5.88 Å². The number of nitrogens with zero attached hydrogens (tertiary/aromatic N) is 3. The average molecular weight is 496 g/mol. The third-order valence-electron chi connectivity index (χ3n) is 7.70. The summed E-state index contributed by atoms with van der Waals surface area (Å²) in [4.78, 5) is 2.10. The van der Waals surface area contributed by atoms with Crippen LogP contribution in [0.1, 0.15) is 73.1 Å². The molecule has 9 heteroatoms. The van der Waals surface area contributed by atoms with Gasteiger partial charge in [0.1, 0.15) is 12.7 Å². The van der Waals surface area contributed by atoms with E-state index in [4.69, 9.17) is 15.2 Å². The number of rotatable bonds is 6. The lowest BCUT2D eigenvalue weighted by Gasteiger charge is -2.64. The van der Waals surface area contributed by atoms with Crippen molar-refractivity contribution >= 4 is 17.5 Å². The maximum absolute atomic E-state index is 9.95. The zero-order valence-electron chi connectivity index (χ0n) is 21.7. The molecule has 0 amide bonds. The Morgan fingerprint density at radius 3 is 2.35 bits per heavy atom. The Morgan fingerprint density at radius 1 is 1.15 bits per heavy atom. The van der Waals surface area contributed by atoms with Crippen LogP contribution in [0.2, 0.25) is 0 Å². The van der Waals surface area contributed by atoms with Crippen molar-refractivity contribution in [3.05, 3.63) is 0 Å². The molecular formula is C25H45N5O3S. The molecule has 6 rings (SSSR count). The van der Waals surface area contributed by atoms with Gasteiger partial charge in [0.2, 0.25) is 5.82 Å². The fraction of sp³-hybridized carbons (Fsp3) is 0.920. The number of anilines is 1. The molecule has 34 heavy (non-hydrogen) atoms. The second kappa shape index (κ2) is 9.81. The first-order chi connectivity index (χ1) is 15.9. The van der Waals surface area contributed by atoms with Gasteiger partial charge in [-0.2, -0.15) is 4.37 Å². The van der Waals surface area contributed by atoms with Crippen molar-refractivity contribution in [2.24, 2.45) is 22.5 Å². The van der Waals surface area contributed by atoms with E-state index in [1.807, 2.05) is 0 Å². The molecule has 1 aromatic heterocycles. The number of β-amino-alcohol motifs (C(OH)–C–C–N with tert-alkyl or cyclic N) is 1. The molecule has 0 radical (unpaired) electrons. The molecule has 5 fully saturated rings. The van der Waals surface area contributed by atoms with E-state index in [0.29, 0.717) is 36.5 Å². The van der Waals surface area contributed by atoms with Gasteiger partial charge in [-0.3, -0.25) is 0 Å². The number of hydrogen-bond acceptors (Lipinski definition) is 9. The van der Waals surface area contributed by atoms with E-state index >= 15 is 0 Å². The Balaban J connectivity index is 0.000000178. The van der Waals surface area contributed by atoms with Gasteiger partial charge < -0.3 is 30.5 Å². The van der Waals surface area contributed by atoms with Crippen molar-refractivity contribution < 1.29 is 14.6 Å². The van der Waals surface area contributed by atoms with E-state index in [0.717, 1.165) is 36.6 Å². The Labute approximate surface area is 209 Å². The van der Waals surface area contributed by atoms with Crippen LogP contribution in [-0.2, 0) is 4.74 Å². The molecule has 1 aromatic rings. The lowest BCUT2D eigenvalue weighted by atomic mass is 9.43. The van der Waals surface area contributed by atoms with Gasteiger partial charge in [-0.25, -0.2) is 0 Å². The molecule has 1 saturated heterocycles. The number of aromatic nitrogens is 2. The van der Waals surface area contributed by atoms with Crippen molar-refractivity contribution in [3.63, 3.8) is 0 Å². The van der Waals surface area contributed by atoms with Crippen LogP contribution < -0.4 is 20.7 Å². The summed E-state index contributed by atoms with van der Waals surface area (Å²) in [6.07, 6.45) is 7.69. The number of morpholine rings is 1. The zero-order valence-corrected chi connectivity index (χ0v) is 22.5. The maximum Gasteiger partial charge on any atom is 0.270 e. The molecule has 1 aliphatic heterocycles. The fourth-order valence-corrected chi connectivity index (χ4v) is 7.95. The standard InChI is InChI=1S/C13H24N4O3S.C12H21N/c1-13(2,3)14-8-10(18)9-20-12-11(15-21-16-12)17-4-6-19-7-5-17;1-10-3-9-4-11(2,6-10)8-12(13,5-9)7-10/h10,14,18H,4-9H2,1-3H3;9H,3-8,13H2,1-2H3/t10-;/m0./s1. The highest BCUT2D eigenvalue weighted by molar-refractivity contribution is 6.99. The Hall–Kier alpha value is -1.00. The van der Waals surface area contributed by atoms with Gasteiger partial charge in [-0.1, -0.05) is 13.8 Å². The van der Waals surface area contributed by atoms with Crippen LogP contribution in [0, 0.1) is 16.7 Å². The van der Waals surface area contributed by atoms with Gasteiger partial charge in [-0.05, 0) is 76.0 Å². The first-order valence-corrected chi connectivity index (χ1v) is 13.6. The van der Waals surface area contributed by atoms with E-state index in [1.165, 1.54) is 38.5 Å². The number of nitrogens with two attached hydrogens (primary N) is 1. The average Bonchev–Trinajstić information content (AvgIpc) is 3.16. The van der Waals surface area contributed by atoms with Crippen LogP contribution in [-0.4, -0.2) is 70.5 Å². The van der Waals surface area contributed by atoms with E-state index in [9.17, 15) is 5.11 Å². The third kappa shape index (κ3) is 6.60. The predicted molar refractivity (Wildman–Crippen MR) is 137 cm³/mol. The smallest absolute Gasteiger partial charge is 0.270 e. The number of hydrogen-bond donors (Lipinski definition) is 3. The minimum Gasteiger partial charge on any atom is -0.472 e. The first-order valence-electron chi connectivity index (χ1n) is 12.9. The van der Waals surface area contributed by atoms with Gasteiger partial charge in [0.15, 0.2) is 0 Å². The lowest BCUT2D eigenvalue weighted by Crippen LogP contribution is -2.62. The summed E-state index contributed by atoms with van der Waals surface area (Å²) in [6.45, 7) is 14.7. The van der Waals surface area contributed by atoms with Crippen LogP contribution in [0.25, 0.3) is 0 Å². The minimum absolute atomic E-state index is 0.0257. The van der Waals surface area contributed by atoms with Crippen LogP contribution in [0.15, 0.2) is 0 Å². The summed E-state index contributed by atoms with van der Waals surface area (Å²) in [5, 5.41) is 13.2. The molecular weight excluding hydrogens is 450 g/mol.